The van der Waals surface area contributed by atoms with Crippen molar-refractivity contribution in [3.05, 3.63) is 29.8 Å². The monoisotopic (exact) mass is 365 g/mol. The second-order valence-electron chi connectivity index (χ2n) is 8.15. The van der Waals surface area contributed by atoms with Crippen molar-refractivity contribution in [2.24, 2.45) is 0 Å². The molecule has 2 heterocycles. The van der Waals surface area contributed by atoms with Gasteiger partial charge < -0.3 is 9.31 Å². The molecular formula is C18H28BNO4S. The summed E-state index contributed by atoms with van der Waals surface area (Å²) in [5, 5.41) is 0. The SMILES string of the molecule is Cc1ccc(S(=O)(=O)N2CCCC2CB2OC(C)(C)C(C)(C)O2)cc1. The highest BCUT2D eigenvalue weighted by molar-refractivity contribution is 7.89. The predicted molar refractivity (Wildman–Crippen MR) is 99.0 cm³/mol. The van der Waals surface area contributed by atoms with E-state index >= 15 is 0 Å². The molecule has 25 heavy (non-hydrogen) atoms. The molecule has 1 aromatic carbocycles. The van der Waals surface area contributed by atoms with Crippen molar-refractivity contribution in [1.82, 2.24) is 4.31 Å². The van der Waals surface area contributed by atoms with Gasteiger partial charge in [0.15, 0.2) is 0 Å². The van der Waals surface area contributed by atoms with Gasteiger partial charge in [-0.15, -0.1) is 0 Å². The lowest BCUT2D eigenvalue weighted by Crippen LogP contribution is -2.41. The fourth-order valence-electron chi connectivity index (χ4n) is 3.49. The zero-order valence-electron chi connectivity index (χ0n) is 15.8. The van der Waals surface area contributed by atoms with Gasteiger partial charge in [-0.2, -0.15) is 4.31 Å². The minimum absolute atomic E-state index is 0.0824. The number of hydrogen-bond acceptors (Lipinski definition) is 4. The molecule has 2 aliphatic heterocycles. The van der Waals surface area contributed by atoms with Gasteiger partial charge in [0.25, 0.3) is 0 Å². The third-order valence-electron chi connectivity index (χ3n) is 5.72. The molecule has 2 saturated heterocycles. The molecule has 5 nitrogen and oxygen atoms in total. The first-order valence-corrected chi connectivity index (χ1v) is 10.4. The Morgan fingerprint density at radius 1 is 1.12 bits per heavy atom. The topological polar surface area (TPSA) is 55.8 Å². The van der Waals surface area contributed by atoms with Crippen LogP contribution in [-0.2, 0) is 19.3 Å². The maximum absolute atomic E-state index is 13.0. The van der Waals surface area contributed by atoms with Gasteiger partial charge in [0.1, 0.15) is 0 Å². The summed E-state index contributed by atoms with van der Waals surface area (Å²) in [5.41, 5.74) is 0.266. The van der Waals surface area contributed by atoms with E-state index < -0.39 is 21.2 Å². The van der Waals surface area contributed by atoms with E-state index in [1.165, 1.54) is 0 Å². The van der Waals surface area contributed by atoms with E-state index in [1.54, 1.807) is 16.4 Å². The molecule has 0 aliphatic carbocycles. The molecule has 2 fully saturated rings. The van der Waals surface area contributed by atoms with Crippen LogP contribution >= 0.6 is 0 Å². The molecule has 0 saturated carbocycles. The van der Waals surface area contributed by atoms with Gasteiger partial charge >= 0.3 is 7.12 Å². The van der Waals surface area contributed by atoms with Crippen molar-refractivity contribution in [3.8, 4) is 0 Å². The second-order valence-corrected chi connectivity index (χ2v) is 10.0. The summed E-state index contributed by atoms with van der Waals surface area (Å²) in [5.74, 6) is 0. The highest BCUT2D eigenvalue weighted by Crippen LogP contribution is 2.39. The fraction of sp³-hybridized carbons (Fsp3) is 0.667. The van der Waals surface area contributed by atoms with Crippen LogP contribution in [0.25, 0.3) is 0 Å². The van der Waals surface area contributed by atoms with Crippen molar-refractivity contribution in [1.29, 1.82) is 0 Å². The first kappa shape index (κ1) is 18.9. The number of aryl methyl sites for hydroxylation is 1. The summed E-state index contributed by atoms with van der Waals surface area (Å²) in [6, 6.07) is 6.98. The predicted octanol–water partition coefficient (Wildman–Crippen LogP) is 3.24. The van der Waals surface area contributed by atoms with Crippen molar-refractivity contribution in [2.45, 2.75) is 75.9 Å². The molecule has 0 amide bonds. The second kappa shape index (κ2) is 6.37. The lowest BCUT2D eigenvalue weighted by atomic mass is 9.80. The van der Waals surface area contributed by atoms with Crippen LogP contribution in [0.15, 0.2) is 29.2 Å². The van der Waals surface area contributed by atoms with Gasteiger partial charge in [-0.25, -0.2) is 8.42 Å². The average molecular weight is 365 g/mol. The minimum atomic E-state index is -3.48. The molecule has 0 spiro atoms. The van der Waals surface area contributed by atoms with Gasteiger partial charge in [0.05, 0.1) is 16.1 Å². The van der Waals surface area contributed by atoms with Crippen molar-refractivity contribution in [3.63, 3.8) is 0 Å². The lowest BCUT2D eigenvalue weighted by molar-refractivity contribution is 0.00578. The number of nitrogens with zero attached hydrogens (tertiary/aromatic N) is 1. The molecule has 0 aromatic heterocycles. The van der Waals surface area contributed by atoms with E-state index in [1.807, 2.05) is 46.8 Å². The highest BCUT2D eigenvalue weighted by Gasteiger charge is 2.52. The Kier molecular flexibility index (Phi) is 4.82. The zero-order chi connectivity index (χ0) is 18.5. The molecule has 7 heteroatoms. The van der Waals surface area contributed by atoms with E-state index in [-0.39, 0.29) is 13.2 Å². The van der Waals surface area contributed by atoms with Crippen LogP contribution < -0.4 is 0 Å². The molecular weight excluding hydrogens is 337 g/mol. The average Bonchev–Trinajstić information content (AvgIpc) is 3.02. The summed E-state index contributed by atoms with van der Waals surface area (Å²) >= 11 is 0. The smallest absolute Gasteiger partial charge is 0.403 e. The Labute approximate surface area is 151 Å². The van der Waals surface area contributed by atoms with Crippen LogP contribution in [0.3, 0.4) is 0 Å². The molecule has 1 atom stereocenters. The Balaban J connectivity index is 1.76. The summed E-state index contributed by atoms with van der Waals surface area (Å²) in [6.07, 6.45) is 2.28. The third kappa shape index (κ3) is 3.52. The van der Waals surface area contributed by atoms with Crippen molar-refractivity contribution in [2.75, 3.05) is 6.54 Å². The van der Waals surface area contributed by atoms with Gasteiger partial charge in [-0.1, -0.05) is 17.7 Å². The largest absolute Gasteiger partial charge is 0.459 e. The van der Waals surface area contributed by atoms with E-state index in [0.717, 1.165) is 18.4 Å². The Morgan fingerprint density at radius 3 is 2.24 bits per heavy atom. The molecule has 138 valence electrons. The zero-order valence-corrected chi connectivity index (χ0v) is 16.6. The Hall–Kier alpha value is -0.885. The van der Waals surface area contributed by atoms with Gasteiger partial charge in [-0.05, 0) is 65.9 Å². The van der Waals surface area contributed by atoms with Crippen LogP contribution in [0.1, 0.15) is 46.1 Å². The number of rotatable bonds is 4. The van der Waals surface area contributed by atoms with Crippen LogP contribution in [0.4, 0.5) is 0 Å². The molecule has 1 unspecified atom stereocenters. The maximum Gasteiger partial charge on any atom is 0.459 e. The Morgan fingerprint density at radius 2 is 1.68 bits per heavy atom. The maximum atomic E-state index is 13.0. The molecule has 2 aliphatic rings. The van der Waals surface area contributed by atoms with Crippen LogP contribution in [-0.4, -0.2) is 43.6 Å². The van der Waals surface area contributed by atoms with Crippen LogP contribution in [0.5, 0.6) is 0 Å². The van der Waals surface area contributed by atoms with E-state index in [0.29, 0.717) is 17.8 Å². The normalized spacial score (nSPS) is 26.3. The number of hydrogen-bond donors (Lipinski definition) is 0. The van der Waals surface area contributed by atoms with Gasteiger partial charge in [0.2, 0.25) is 10.0 Å². The summed E-state index contributed by atoms with van der Waals surface area (Å²) in [4.78, 5) is 0.360. The fourth-order valence-corrected chi connectivity index (χ4v) is 5.19. The van der Waals surface area contributed by atoms with E-state index in [9.17, 15) is 8.42 Å². The first-order valence-electron chi connectivity index (χ1n) is 8.97. The van der Waals surface area contributed by atoms with Crippen molar-refractivity contribution >= 4 is 17.1 Å². The van der Waals surface area contributed by atoms with E-state index in [2.05, 4.69) is 0 Å². The lowest BCUT2D eigenvalue weighted by Gasteiger charge is -2.32. The number of sulfonamides is 1. The minimum Gasteiger partial charge on any atom is -0.403 e. The quantitative estimate of drug-likeness (QED) is 0.769. The Bertz CT molecular complexity index is 714. The summed E-state index contributed by atoms with van der Waals surface area (Å²) < 4.78 is 39.8. The summed E-state index contributed by atoms with van der Waals surface area (Å²) in [7, 11) is -3.85. The molecule has 1 aromatic rings. The number of benzene rings is 1. The third-order valence-corrected chi connectivity index (χ3v) is 7.68. The highest BCUT2D eigenvalue weighted by atomic mass is 32.2. The van der Waals surface area contributed by atoms with E-state index in [4.69, 9.17) is 9.31 Å². The molecule has 0 bridgehead atoms. The molecule has 3 rings (SSSR count). The molecule has 0 radical (unpaired) electrons. The van der Waals surface area contributed by atoms with Crippen LogP contribution in [0, 0.1) is 6.92 Å². The molecule has 0 N–H and O–H groups in total. The van der Waals surface area contributed by atoms with Gasteiger partial charge in [-0.3, -0.25) is 0 Å². The van der Waals surface area contributed by atoms with Gasteiger partial charge in [0, 0.05) is 12.6 Å². The van der Waals surface area contributed by atoms with Crippen molar-refractivity contribution < 1.29 is 17.7 Å². The summed E-state index contributed by atoms with van der Waals surface area (Å²) in [6.45, 7) is 10.6. The first-order chi connectivity index (χ1) is 11.5. The van der Waals surface area contributed by atoms with Crippen LogP contribution in [0.2, 0.25) is 6.32 Å². The standard InChI is InChI=1S/C18H28BNO4S/c1-14-8-10-16(11-9-14)25(21,22)20-12-6-7-15(20)13-19-23-17(2,3)18(4,5)24-19/h8-11,15H,6-7,12-13H2,1-5H3.